The van der Waals surface area contributed by atoms with E-state index in [1.807, 2.05) is 6.07 Å². The van der Waals surface area contributed by atoms with Crippen LogP contribution in [0.25, 0.3) is 0 Å². The van der Waals surface area contributed by atoms with Gasteiger partial charge in [-0.3, -0.25) is 9.67 Å². The normalized spacial score (nSPS) is 11.2. The van der Waals surface area contributed by atoms with Crippen molar-refractivity contribution in [2.45, 2.75) is 19.7 Å². The van der Waals surface area contributed by atoms with Crippen molar-refractivity contribution in [1.29, 1.82) is 0 Å². The van der Waals surface area contributed by atoms with Gasteiger partial charge in [0.1, 0.15) is 11.6 Å². The molecular weight excluding hydrogens is 450 g/mol. The molecule has 0 aliphatic carbocycles. The topological polar surface area (TPSA) is 63.5 Å². The van der Waals surface area contributed by atoms with Crippen LogP contribution < -0.4 is 15.4 Å². The minimum atomic E-state index is -3.02. The summed E-state index contributed by atoms with van der Waals surface area (Å²) in [7, 11) is 3.36. The third-order valence-electron chi connectivity index (χ3n) is 3.31. The Morgan fingerprint density at radius 3 is 2.60 bits per heavy atom. The summed E-state index contributed by atoms with van der Waals surface area (Å²) < 4.78 is 44.7. The Morgan fingerprint density at radius 2 is 2.00 bits per heavy atom. The molecule has 0 fully saturated rings. The van der Waals surface area contributed by atoms with Gasteiger partial charge in [0, 0.05) is 32.4 Å². The van der Waals surface area contributed by atoms with E-state index in [1.165, 1.54) is 18.2 Å². The number of aryl methyl sites for hydroxylation is 1. The van der Waals surface area contributed by atoms with Crippen molar-refractivity contribution in [3.63, 3.8) is 0 Å². The molecule has 0 atom stereocenters. The molecule has 0 unspecified atom stereocenters. The number of hydrogen-bond donors (Lipinski definition) is 2. The van der Waals surface area contributed by atoms with Crippen LogP contribution in [0.15, 0.2) is 35.5 Å². The minimum Gasteiger partial charge on any atom is -0.434 e. The average molecular weight is 469 g/mol. The number of nitrogens with zero attached hydrogens (tertiary/aromatic N) is 3. The number of aromatic nitrogens is 2. The standard InChI is InChI=1S/C15H18F3N5O.HI/c1-19-15(20-8-10-6-7-22-23(10)2)21-9-11-12(16)4-3-5-13(11)24-14(17)18;/h3-7,14H,8-9H2,1-2H3,(H2,19,20,21);1H. The molecule has 0 aliphatic rings. The number of hydrogen-bond acceptors (Lipinski definition) is 3. The first kappa shape index (κ1) is 21.1. The largest absolute Gasteiger partial charge is 0.434 e. The fourth-order valence-electron chi connectivity index (χ4n) is 2.06. The van der Waals surface area contributed by atoms with Gasteiger partial charge in [-0.25, -0.2) is 4.39 Å². The first-order valence-electron chi connectivity index (χ1n) is 7.15. The maximum atomic E-state index is 13.9. The van der Waals surface area contributed by atoms with Gasteiger partial charge in [0.05, 0.1) is 12.2 Å². The molecule has 0 radical (unpaired) electrons. The summed E-state index contributed by atoms with van der Waals surface area (Å²) >= 11 is 0. The molecule has 0 bridgehead atoms. The number of aliphatic imine (C=N–C) groups is 1. The van der Waals surface area contributed by atoms with Crippen molar-refractivity contribution in [1.82, 2.24) is 20.4 Å². The van der Waals surface area contributed by atoms with Gasteiger partial charge < -0.3 is 15.4 Å². The molecule has 2 rings (SSSR count). The summed E-state index contributed by atoms with van der Waals surface area (Å²) in [5.74, 6) is -0.454. The summed E-state index contributed by atoms with van der Waals surface area (Å²) in [4.78, 5) is 4.01. The van der Waals surface area contributed by atoms with E-state index in [4.69, 9.17) is 0 Å². The van der Waals surface area contributed by atoms with E-state index < -0.39 is 12.4 Å². The van der Waals surface area contributed by atoms with E-state index in [0.717, 1.165) is 5.69 Å². The number of ether oxygens (including phenoxy) is 1. The average Bonchev–Trinajstić information content (AvgIpc) is 2.94. The summed E-state index contributed by atoms with van der Waals surface area (Å²) in [5, 5.41) is 9.94. The second-order valence-corrected chi connectivity index (χ2v) is 4.82. The van der Waals surface area contributed by atoms with Gasteiger partial charge in [-0.15, -0.1) is 24.0 Å². The number of halogens is 4. The van der Waals surface area contributed by atoms with Crippen molar-refractivity contribution in [2.24, 2.45) is 12.0 Å². The van der Waals surface area contributed by atoms with Gasteiger partial charge in [0.2, 0.25) is 0 Å². The molecule has 138 valence electrons. The summed E-state index contributed by atoms with van der Waals surface area (Å²) in [6.45, 7) is -2.62. The van der Waals surface area contributed by atoms with Crippen LogP contribution >= 0.6 is 24.0 Å². The van der Waals surface area contributed by atoms with Crippen LogP contribution in [0.5, 0.6) is 5.75 Å². The first-order valence-corrected chi connectivity index (χ1v) is 7.15. The van der Waals surface area contributed by atoms with Crippen molar-refractivity contribution in [3.05, 3.63) is 47.5 Å². The summed E-state index contributed by atoms with van der Waals surface area (Å²) in [5.41, 5.74) is 0.923. The Labute approximate surface area is 160 Å². The van der Waals surface area contributed by atoms with E-state index in [9.17, 15) is 13.2 Å². The van der Waals surface area contributed by atoms with E-state index in [2.05, 4.69) is 25.5 Å². The fraction of sp³-hybridized carbons (Fsp3) is 0.333. The lowest BCUT2D eigenvalue weighted by Gasteiger charge is -2.15. The second-order valence-electron chi connectivity index (χ2n) is 4.82. The molecule has 2 N–H and O–H groups in total. The minimum absolute atomic E-state index is 0. The van der Waals surface area contributed by atoms with Crippen molar-refractivity contribution in [3.8, 4) is 5.75 Å². The predicted octanol–water partition coefficient (Wildman–Crippen LogP) is 2.64. The SMILES string of the molecule is CN=C(NCc1c(F)cccc1OC(F)F)NCc1ccnn1C.I. The van der Waals surface area contributed by atoms with E-state index in [1.54, 1.807) is 25.0 Å². The first-order chi connectivity index (χ1) is 11.5. The molecule has 10 heteroatoms. The molecule has 0 saturated heterocycles. The molecule has 0 amide bonds. The second kappa shape index (κ2) is 10.1. The van der Waals surface area contributed by atoms with Gasteiger partial charge in [-0.2, -0.15) is 13.9 Å². The lowest BCUT2D eigenvalue weighted by Crippen LogP contribution is -2.37. The van der Waals surface area contributed by atoms with Gasteiger partial charge >= 0.3 is 6.61 Å². The molecule has 1 heterocycles. The Bertz CT molecular complexity index is 708. The zero-order valence-electron chi connectivity index (χ0n) is 13.7. The van der Waals surface area contributed by atoms with Crippen molar-refractivity contribution < 1.29 is 17.9 Å². The van der Waals surface area contributed by atoms with Crippen LogP contribution in [0.4, 0.5) is 13.2 Å². The lowest BCUT2D eigenvalue weighted by atomic mass is 10.2. The molecule has 1 aromatic carbocycles. The van der Waals surface area contributed by atoms with Crippen LogP contribution in [-0.2, 0) is 20.1 Å². The quantitative estimate of drug-likeness (QED) is 0.388. The zero-order chi connectivity index (χ0) is 17.5. The molecule has 0 spiro atoms. The lowest BCUT2D eigenvalue weighted by molar-refractivity contribution is -0.0506. The number of rotatable bonds is 6. The predicted molar refractivity (Wildman–Crippen MR) is 98.7 cm³/mol. The van der Waals surface area contributed by atoms with Gasteiger partial charge in [-0.1, -0.05) is 6.07 Å². The van der Waals surface area contributed by atoms with Crippen LogP contribution in [-0.4, -0.2) is 29.4 Å². The van der Waals surface area contributed by atoms with Crippen LogP contribution in [0, 0.1) is 5.82 Å². The highest BCUT2D eigenvalue weighted by atomic mass is 127. The van der Waals surface area contributed by atoms with Crippen LogP contribution in [0.2, 0.25) is 0 Å². The maximum Gasteiger partial charge on any atom is 0.387 e. The van der Waals surface area contributed by atoms with Crippen molar-refractivity contribution >= 4 is 29.9 Å². The number of benzene rings is 1. The smallest absolute Gasteiger partial charge is 0.387 e. The Balaban J connectivity index is 0.00000312. The van der Waals surface area contributed by atoms with E-state index >= 15 is 0 Å². The Morgan fingerprint density at radius 1 is 1.28 bits per heavy atom. The van der Waals surface area contributed by atoms with Gasteiger partial charge in [-0.05, 0) is 18.2 Å². The number of guanidine groups is 1. The fourth-order valence-corrected chi connectivity index (χ4v) is 2.06. The molecule has 25 heavy (non-hydrogen) atoms. The molecule has 1 aromatic heterocycles. The Kier molecular flexibility index (Phi) is 8.52. The van der Waals surface area contributed by atoms with Crippen LogP contribution in [0.3, 0.4) is 0 Å². The number of alkyl halides is 2. The van der Waals surface area contributed by atoms with Crippen LogP contribution in [0.1, 0.15) is 11.3 Å². The zero-order valence-corrected chi connectivity index (χ0v) is 16.0. The molecular formula is C15H19F3IN5O. The molecule has 0 aliphatic heterocycles. The van der Waals surface area contributed by atoms with Gasteiger partial charge in [0.15, 0.2) is 5.96 Å². The number of nitrogens with one attached hydrogen (secondary N) is 2. The van der Waals surface area contributed by atoms with Gasteiger partial charge in [0.25, 0.3) is 0 Å². The monoisotopic (exact) mass is 469 g/mol. The summed E-state index contributed by atoms with van der Waals surface area (Å²) in [6, 6.07) is 5.62. The Hall–Kier alpha value is -1.98. The third-order valence-corrected chi connectivity index (χ3v) is 3.31. The van der Waals surface area contributed by atoms with E-state index in [0.29, 0.717) is 12.5 Å². The molecule has 2 aromatic rings. The highest BCUT2D eigenvalue weighted by Crippen LogP contribution is 2.23. The highest BCUT2D eigenvalue weighted by molar-refractivity contribution is 14.0. The summed E-state index contributed by atoms with van der Waals surface area (Å²) in [6.07, 6.45) is 1.67. The molecule has 0 saturated carbocycles. The van der Waals surface area contributed by atoms with Crippen molar-refractivity contribution in [2.75, 3.05) is 7.05 Å². The third kappa shape index (κ3) is 6.11. The maximum absolute atomic E-state index is 13.9. The molecule has 6 nitrogen and oxygen atoms in total. The van der Waals surface area contributed by atoms with E-state index in [-0.39, 0.29) is 41.8 Å². The highest BCUT2D eigenvalue weighted by Gasteiger charge is 2.14.